The standard InChI is InChI=1S/C11H12N2.C4H9NO2/c1-8-11(9(2)13-12-8)10-6-4-3-5-7-10;1-7-4(6)2-3-5/h3-7H,1-2H3,(H,12,13);2-3,5H2,1H3. The van der Waals surface area contributed by atoms with E-state index < -0.39 is 0 Å². The van der Waals surface area contributed by atoms with Gasteiger partial charge in [0.15, 0.2) is 0 Å². The highest BCUT2D eigenvalue weighted by Gasteiger charge is 2.07. The third-order valence-electron chi connectivity index (χ3n) is 2.77. The molecule has 2 aromatic rings. The van der Waals surface area contributed by atoms with Gasteiger partial charge in [-0.25, -0.2) is 0 Å². The van der Waals surface area contributed by atoms with Gasteiger partial charge in [0.25, 0.3) is 0 Å². The summed E-state index contributed by atoms with van der Waals surface area (Å²) in [6, 6.07) is 10.3. The highest BCUT2D eigenvalue weighted by Crippen LogP contribution is 2.24. The fourth-order valence-corrected chi connectivity index (χ4v) is 1.80. The number of aromatic nitrogens is 2. The second-order valence-electron chi connectivity index (χ2n) is 4.29. The summed E-state index contributed by atoms with van der Waals surface area (Å²) in [5, 5.41) is 7.15. The summed E-state index contributed by atoms with van der Waals surface area (Å²) in [5.41, 5.74) is 9.64. The average Bonchev–Trinajstić information content (AvgIpc) is 2.80. The summed E-state index contributed by atoms with van der Waals surface area (Å²) in [6.07, 6.45) is 0.316. The van der Waals surface area contributed by atoms with Crippen LogP contribution in [0, 0.1) is 13.8 Å². The zero-order valence-electron chi connectivity index (χ0n) is 12.1. The van der Waals surface area contributed by atoms with Gasteiger partial charge >= 0.3 is 5.97 Å². The number of hydrogen-bond acceptors (Lipinski definition) is 4. The van der Waals surface area contributed by atoms with Crippen molar-refractivity contribution in [3.8, 4) is 11.1 Å². The van der Waals surface area contributed by atoms with Crippen molar-refractivity contribution in [2.75, 3.05) is 13.7 Å². The lowest BCUT2D eigenvalue weighted by atomic mass is 10.0. The first-order chi connectivity index (χ1) is 9.60. The predicted molar refractivity (Wildman–Crippen MR) is 79.2 cm³/mol. The first-order valence-corrected chi connectivity index (χ1v) is 6.44. The largest absolute Gasteiger partial charge is 0.469 e. The number of nitrogens with two attached hydrogens (primary N) is 1. The van der Waals surface area contributed by atoms with Gasteiger partial charge in [0.2, 0.25) is 0 Å². The van der Waals surface area contributed by atoms with Crippen LogP contribution in [0.4, 0.5) is 0 Å². The van der Waals surface area contributed by atoms with Crippen molar-refractivity contribution in [1.82, 2.24) is 10.2 Å². The quantitative estimate of drug-likeness (QED) is 0.841. The van der Waals surface area contributed by atoms with Gasteiger partial charge in [0.1, 0.15) is 0 Å². The van der Waals surface area contributed by atoms with E-state index in [1.54, 1.807) is 0 Å². The molecule has 1 aromatic heterocycles. The van der Waals surface area contributed by atoms with E-state index in [1.165, 1.54) is 18.2 Å². The number of aryl methyl sites for hydroxylation is 2. The summed E-state index contributed by atoms with van der Waals surface area (Å²) in [4.78, 5) is 10.1. The van der Waals surface area contributed by atoms with Crippen molar-refractivity contribution in [2.45, 2.75) is 20.3 Å². The summed E-state index contributed by atoms with van der Waals surface area (Å²) >= 11 is 0. The van der Waals surface area contributed by atoms with Crippen molar-refractivity contribution in [1.29, 1.82) is 0 Å². The van der Waals surface area contributed by atoms with Crippen LogP contribution in [-0.2, 0) is 9.53 Å². The van der Waals surface area contributed by atoms with E-state index in [1.807, 2.05) is 32.0 Å². The monoisotopic (exact) mass is 275 g/mol. The molecule has 1 heterocycles. The van der Waals surface area contributed by atoms with E-state index in [0.717, 1.165) is 11.4 Å². The Kier molecular flexibility index (Phi) is 6.46. The molecule has 5 nitrogen and oxygen atoms in total. The molecule has 0 atom stereocenters. The Morgan fingerprint density at radius 2 is 1.95 bits per heavy atom. The van der Waals surface area contributed by atoms with Gasteiger partial charge in [-0.3, -0.25) is 9.89 Å². The molecule has 5 heteroatoms. The van der Waals surface area contributed by atoms with Crippen molar-refractivity contribution in [2.24, 2.45) is 5.73 Å². The molecule has 0 fully saturated rings. The predicted octanol–water partition coefficient (Wildman–Crippen LogP) is 2.20. The van der Waals surface area contributed by atoms with Crippen LogP contribution in [0.1, 0.15) is 17.8 Å². The molecular weight excluding hydrogens is 254 g/mol. The molecule has 0 bridgehead atoms. The molecule has 108 valence electrons. The summed E-state index contributed by atoms with van der Waals surface area (Å²) in [7, 11) is 1.35. The van der Waals surface area contributed by atoms with Gasteiger partial charge < -0.3 is 10.5 Å². The molecule has 0 saturated heterocycles. The Morgan fingerprint density at radius 3 is 2.35 bits per heavy atom. The molecule has 0 aliphatic rings. The van der Waals surface area contributed by atoms with E-state index in [0.29, 0.717) is 13.0 Å². The Balaban J connectivity index is 0.000000246. The van der Waals surface area contributed by atoms with Crippen molar-refractivity contribution < 1.29 is 9.53 Å². The Hall–Kier alpha value is -2.14. The van der Waals surface area contributed by atoms with E-state index in [-0.39, 0.29) is 5.97 Å². The average molecular weight is 275 g/mol. The molecule has 0 spiro atoms. The number of hydrogen-bond donors (Lipinski definition) is 2. The number of nitrogens with zero attached hydrogens (tertiary/aromatic N) is 1. The highest BCUT2D eigenvalue weighted by molar-refractivity contribution is 5.69. The lowest BCUT2D eigenvalue weighted by molar-refractivity contribution is -0.140. The van der Waals surface area contributed by atoms with Gasteiger partial charge in [-0.15, -0.1) is 0 Å². The fourth-order valence-electron chi connectivity index (χ4n) is 1.80. The second-order valence-corrected chi connectivity index (χ2v) is 4.29. The minimum Gasteiger partial charge on any atom is -0.469 e. The van der Waals surface area contributed by atoms with E-state index >= 15 is 0 Å². The molecule has 0 aliphatic heterocycles. The molecule has 3 N–H and O–H groups in total. The lowest BCUT2D eigenvalue weighted by Crippen LogP contribution is -2.08. The number of benzene rings is 1. The van der Waals surface area contributed by atoms with Crippen LogP contribution < -0.4 is 5.73 Å². The zero-order valence-corrected chi connectivity index (χ0v) is 12.1. The third kappa shape index (κ3) is 4.51. The van der Waals surface area contributed by atoms with Crippen LogP contribution in [0.25, 0.3) is 11.1 Å². The van der Waals surface area contributed by atoms with E-state index in [4.69, 9.17) is 5.73 Å². The Labute approximate surface area is 119 Å². The number of esters is 1. The van der Waals surface area contributed by atoms with Gasteiger partial charge in [-0.05, 0) is 19.4 Å². The van der Waals surface area contributed by atoms with Gasteiger partial charge in [0.05, 0.1) is 19.2 Å². The minimum absolute atomic E-state index is 0.248. The van der Waals surface area contributed by atoms with Crippen LogP contribution in [0.15, 0.2) is 30.3 Å². The molecule has 20 heavy (non-hydrogen) atoms. The number of H-pyrrole nitrogens is 1. The van der Waals surface area contributed by atoms with Crippen LogP contribution in [-0.4, -0.2) is 29.8 Å². The molecule has 0 amide bonds. The van der Waals surface area contributed by atoms with Crippen LogP contribution in [0.3, 0.4) is 0 Å². The Bertz CT molecular complexity index is 516. The van der Waals surface area contributed by atoms with Crippen LogP contribution in [0.5, 0.6) is 0 Å². The minimum atomic E-state index is -0.248. The van der Waals surface area contributed by atoms with Crippen molar-refractivity contribution in [3.05, 3.63) is 41.7 Å². The highest BCUT2D eigenvalue weighted by atomic mass is 16.5. The first-order valence-electron chi connectivity index (χ1n) is 6.44. The zero-order chi connectivity index (χ0) is 15.0. The molecule has 0 aliphatic carbocycles. The molecule has 2 rings (SSSR count). The van der Waals surface area contributed by atoms with Crippen molar-refractivity contribution in [3.63, 3.8) is 0 Å². The smallest absolute Gasteiger partial charge is 0.306 e. The molecule has 0 unspecified atom stereocenters. The van der Waals surface area contributed by atoms with Crippen LogP contribution >= 0.6 is 0 Å². The fraction of sp³-hybridized carbons (Fsp3) is 0.333. The Morgan fingerprint density at radius 1 is 1.30 bits per heavy atom. The third-order valence-corrected chi connectivity index (χ3v) is 2.77. The van der Waals surface area contributed by atoms with Gasteiger partial charge in [-0.2, -0.15) is 5.10 Å². The van der Waals surface area contributed by atoms with Crippen molar-refractivity contribution >= 4 is 5.97 Å². The topological polar surface area (TPSA) is 81.0 Å². The number of aromatic amines is 1. The number of methoxy groups -OCH3 is 1. The van der Waals surface area contributed by atoms with E-state index in [9.17, 15) is 4.79 Å². The maximum Gasteiger partial charge on any atom is 0.306 e. The number of ether oxygens (including phenoxy) is 1. The molecule has 0 saturated carbocycles. The number of carbonyl (C=O) groups is 1. The van der Waals surface area contributed by atoms with E-state index in [2.05, 4.69) is 27.1 Å². The van der Waals surface area contributed by atoms with Gasteiger partial charge in [0, 0.05) is 17.8 Å². The van der Waals surface area contributed by atoms with Gasteiger partial charge in [-0.1, -0.05) is 30.3 Å². The summed E-state index contributed by atoms with van der Waals surface area (Å²) in [5.74, 6) is -0.248. The molecule has 1 aromatic carbocycles. The summed E-state index contributed by atoms with van der Waals surface area (Å²) in [6.45, 7) is 4.43. The van der Waals surface area contributed by atoms with Crippen LogP contribution in [0.2, 0.25) is 0 Å². The number of nitrogens with one attached hydrogen (secondary N) is 1. The maximum absolute atomic E-state index is 10.1. The number of rotatable bonds is 3. The molecular formula is C15H21N3O2. The first kappa shape index (κ1) is 15.9. The second kappa shape index (κ2) is 8.12. The SMILES string of the molecule is COC(=O)CCN.Cc1n[nH]c(C)c1-c1ccccc1. The number of carbonyl (C=O) groups excluding carboxylic acids is 1. The molecule has 0 radical (unpaired) electrons. The maximum atomic E-state index is 10.1. The lowest BCUT2D eigenvalue weighted by Gasteiger charge is -1.99. The normalized spacial score (nSPS) is 9.60. The summed E-state index contributed by atoms with van der Waals surface area (Å²) < 4.78 is 4.27.